The van der Waals surface area contributed by atoms with Gasteiger partial charge < -0.3 is 14.5 Å². The van der Waals surface area contributed by atoms with Gasteiger partial charge >= 0.3 is 18.3 Å². The number of alkyl halides is 3. The van der Waals surface area contributed by atoms with Gasteiger partial charge in [-0.25, -0.2) is 9.59 Å². The van der Waals surface area contributed by atoms with Gasteiger partial charge in [-0.05, 0) is 23.8 Å². The lowest BCUT2D eigenvalue weighted by Crippen LogP contribution is -2.49. The van der Waals surface area contributed by atoms with Crippen molar-refractivity contribution in [3.8, 4) is 0 Å². The molecule has 4 amide bonds. The Hall–Kier alpha value is -4.29. The second kappa shape index (κ2) is 10.2. The maximum atomic E-state index is 13.3. The van der Waals surface area contributed by atoms with E-state index in [2.05, 4.69) is 10.4 Å². The molecule has 0 bridgehead atoms. The van der Waals surface area contributed by atoms with Gasteiger partial charge in [0.1, 0.15) is 13.2 Å². The molecule has 2 saturated heterocycles. The number of aromatic nitrogens is 2. The van der Waals surface area contributed by atoms with E-state index in [1.165, 1.54) is 4.90 Å². The number of hydrogen-bond acceptors (Lipinski definition) is 6. The minimum Gasteiger partial charge on any atom is -0.445 e. The monoisotopic (exact) mass is 530 g/mol. The van der Waals surface area contributed by atoms with Crippen LogP contribution in [-0.4, -0.2) is 71.6 Å². The molecule has 0 radical (unpaired) electrons. The largest absolute Gasteiger partial charge is 0.445 e. The van der Waals surface area contributed by atoms with E-state index in [4.69, 9.17) is 4.74 Å². The van der Waals surface area contributed by atoms with E-state index in [0.29, 0.717) is 37.3 Å². The minimum atomic E-state index is -4.53. The Morgan fingerprint density at radius 3 is 2.42 bits per heavy atom. The van der Waals surface area contributed by atoms with Crippen molar-refractivity contribution < 1.29 is 32.3 Å². The van der Waals surface area contributed by atoms with E-state index in [1.807, 2.05) is 35.2 Å². The number of urea groups is 1. The molecule has 10 nitrogen and oxygen atoms in total. The lowest BCUT2D eigenvalue weighted by molar-refractivity contribution is -0.141. The third kappa shape index (κ3) is 5.50. The first-order valence-corrected chi connectivity index (χ1v) is 12.1. The standard InChI is InChI=1S/C25H25F3N6O4/c26-25(27,28)16-34-20-14-18(6-7-19(20)22(30-34)33-9-8-21(35)29-23(33)36)31-10-12-32(13-11-31)24(37)38-15-17-4-2-1-3-5-17/h1-7,14H,8-13,15-16H2,(H,29,35,36). The molecule has 2 aromatic carbocycles. The zero-order chi connectivity index (χ0) is 26.9. The number of carbonyl (C=O) groups excluding carboxylic acids is 3. The average molecular weight is 531 g/mol. The number of ether oxygens (including phenoxy) is 1. The number of nitrogens with one attached hydrogen (secondary N) is 1. The first-order valence-electron chi connectivity index (χ1n) is 12.1. The number of nitrogens with zero attached hydrogens (tertiary/aromatic N) is 5. The van der Waals surface area contributed by atoms with Gasteiger partial charge in [-0.2, -0.15) is 18.3 Å². The van der Waals surface area contributed by atoms with Crippen molar-refractivity contribution in [3.63, 3.8) is 0 Å². The maximum absolute atomic E-state index is 13.3. The molecular weight excluding hydrogens is 505 g/mol. The summed E-state index contributed by atoms with van der Waals surface area (Å²) in [6.07, 6.45) is -4.93. The molecule has 1 N–H and O–H groups in total. The summed E-state index contributed by atoms with van der Waals surface area (Å²) < 4.78 is 46.2. The highest BCUT2D eigenvalue weighted by atomic mass is 19.4. The molecule has 2 aliphatic rings. The van der Waals surface area contributed by atoms with Gasteiger partial charge in [-0.3, -0.25) is 19.7 Å². The van der Waals surface area contributed by atoms with E-state index in [0.717, 1.165) is 10.2 Å². The van der Waals surface area contributed by atoms with Crippen molar-refractivity contribution in [3.05, 3.63) is 54.1 Å². The van der Waals surface area contributed by atoms with Crippen molar-refractivity contribution >= 4 is 40.4 Å². The molecule has 2 fully saturated rings. The van der Waals surface area contributed by atoms with Crippen LogP contribution in [0.2, 0.25) is 0 Å². The Balaban J connectivity index is 1.32. The second-order valence-electron chi connectivity index (χ2n) is 9.07. The first kappa shape index (κ1) is 25.4. The lowest BCUT2D eigenvalue weighted by atomic mass is 10.1. The predicted molar refractivity (Wildman–Crippen MR) is 132 cm³/mol. The van der Waals surface area contributed by atoms with Crippen LogP contribution in [0.25, 0.3) is 10.9 Å². The normalized spacial score (nSPS) is 16.7. The van der Waals surface area contributed by atoms with Crippen molar-refractivity contribution in [2.75, 3.05) is 42.5 Å². The zero-order valence-electron chi connectivity index (χ0n) is 20.3. The van der Waals surface area contributed by atoms with Gasteiger partial charge in [0, 0.05) is 50.2 Å². The van der Waals surface area contributed by atoms with E-state index >= 15 is 0 Å². The smallest absolute Gasteiger partial charge is 0.410 e. The Bertz CT molecular complexity index is 1350. The van der Waals surface area contributed by atoms with Crippen LogP contribution in [0, 0.1) is 0 Å². The topological polar surface area (TPSA) is 100 Å². The highest BCUT2D eigenvalue weighted by Crippen LogP contribution is 2.33. The van der Waals surface area contributed by atoms with Crippen LogP contribution in [0.15, 0.2) is 48.5 Å². The molecule has 5 rings (SSSR count). The summed E-state index contributed by atoms with van der Waals surface area (Å²) in [7, 11) is 0. The number of anilines is 2. The van der Waals surface area contributed by atoms with E-state index in [9.17, 15) is 27.6 Å². The molecule has 1 aromatic heterocycles. The van der Waals surface area contributed by atoms with Gasteiger partial charge in [0.15, 0.2) is 5.82 Å². The van der Waals surface area contributed by atoms with Crippen molar-refractivity contribution in [1.29, 1.82) is 0 Å². The maximum Gasteiger partial charge on any atom is 0.410 e. The predicted octanol–water partition coefficient (Wildman–Crippen LogP) is 3.50. The van der Waals surface area contributed by atoms with Crippen LogP contribution < -0.4 is 15.1 Å². The summed E-state index contributed by atoms with van der Waals surface area (Å²) in [5.41, 5.74) is 1.77. The zero-order valence-corrected chi connectivity index (χ0v) is 20.3. The van der Waals surface area contributed by atoms with Gasteiger partial charge in [0.05, 0.1) is 5.52 Å². The molecular formula is C25H25F3N6O4. The first-order chi connectivity index (χ1) is 18.2. The van der Waals surface area contributed by atoms with Crippen LogP contribution >= 0.6 is 0 Å². The molecule has 38 heavy (non-hydrogen) atoms. The van der Waals surface area contributed by atoms with Crippen molar-refractivity contribution in [2.24, 2.45) is 0 Å². The van der Waals surface area contributed by atoms with Gasteiger partial charge in [0.2, 0.25) is 5.91 Å². The molecule has 3 aromatic rings. The number of piperazine rings is 1. The number of fused-ring (bicyclic) bond motifs is 1. The molecule has 0 aliphatic carbocycles. The third-order valence-electron chi connectivity index (χ3n) is 6.46. The summed E-state index contributed by atoms with van der Waals surface area (Å²) in [5.74, 6) is -0.387. The van der Waals surface area contributed by atoms with Crippen LogP contribution in [0.1, 0.15) is 12.0 Å². The van der Waals surface area contributed by atoms with E-state index in [1.54, 1.807) is 23.1 Å². The number of amides is 4. The van der Waals surface area contributed by atoms with Crippen molar-refractivity contribution in [2.45, 2.75) is 25.7 Å². The highest BCUT2D eigenvalue weighted by molar-refractivity contribution is 6.09. The second-order valence-corrected chi connectivity index (χ2v) is 9.07. The van der Waals surface area contributed by atoms with Crippen molar-refractivity contribution in [1.82, 2.24) is 20.0 Å². The average Bonchev–Trinajstić information content (AvgIpc) is 3.23. The number of carbonyl (C=O) groups is 3. The highest BCUT2D eigenvalue weighted by Gasteiger charge is 2.33. The molecule has 2 aliphatic heterocycles. The fourth-order valence-electron chi connectivity index (χ4n) is 4.56. The summed E-state index contributed by atoms with van der Waals surface area (Å²) in [6.45, 7) is 0.563. The Kier molecular flexibility index (Phi) is 6.83. The minimum absolute atomic E-state index is 0.0207. The SMILES string of the molecule is O=C1CCN(c2nn(CC(F)(F)F)c3cc(N4CCN(C(=O)OCc5ccccc5)CC4)ccc23)C(=O)N1. The number of benzene rings is 2. The van der Waals surface area contributed by atoms with Gasteiger partial charge in [0.25, 0.3) is 0 Å². The number of hydrogen-bond donors (Lipinski definition) is 1. The number of imide groups is 1. The Labute approximate surface area is 215 Å². The molecule has 0 unspecified atom stereocenters. The molecule has 200 valence electrons. The van der Waals surface area contributed by atoms with Crippen LogP contribution in [0.4, 0.5) is 34.3 Å². The van der Waals surface area contributed by atoms with Crippen LogP contribution in [0.3, 0.4) is 0 Å². The summed E-state index contributed by atoms with van der Waals surface area (Å²) in [6, 6.07) is 13.6. The van der Waals surface area contributed by atoms with E-state index in [-0.39, 0.29) is 30.9 Å². The number of rotatable bonds is 5. The van der Waals surface area contributed by atoms with Crippen LogP contribution in [-0.2, 0) is 22.7 Å². The quantitative estimate of drug-likeness (QED) is 0.542. The number of halogens is 3. The molecule has 13 heteroatoms. The summed E-state index contributed by atoms with van der Waals surface area (Å²) >= 11 is 0. The van der Waals surface area contributed by atoms with Gasteiger partial charge in [-0.15, -0.1) is 0 Å². The van der Waals surface area contributed by atoms with Crippen LogP contribution in [0.5, 0.6) is 0 Å². The molecule has 0 spiro atoms. The van der Waals surface area contributed by atoms with Gasteiger partial charge in [-0.1, -0.05) is 30.3 Å². The molecule has 0 saturated carbocycles. The third-order valence-corrected chi connectivity index (χ3v) is 6.46. The Morgan fingerprint density at radius 2 is 1.74 bits per heavy atom. The molecule has 0 atom stereocenters. The lowest BCUT2D eigenvalue weighted by Gasteiger charge is -2.35. The fourth-order valence-corrected chi connectivity index (χ4v) is 4.56. The summed E-state index contributed by atoms with van der Waals surface area (Å²) in [5, 5.41) is 6.64. The Morgan fingerprint density at radius 1 is 1.00 bits per heavy atom. The van der Waals surface area contributed by atoms with E-state index < -0.39 is 30.8 Å². The fraction of sp³-hybridized carbons (Fsp3) is 0.360. The summed E-state index contributed by atoms with van der Waals surface area (Å²) in [4.78, 5) is 41.1. The molecule has 3 heterocycles.